The van der Waals surface area contributed by atoms with Gasteiger partial charge in [-0.25, -0.2) is 4.39 Å². The summed E-state index contributed by atoms with van der Waals surface area (Å²) in [6.07, 6.45) is 8.00. The number of halogens is 1. The molecule has 3 heteroatoms. The van der Waals surface area contributed by atoms with Gasteiger partial charge in [0.1, 0.15) is 5.82 Å². The van der Waals surface area contributed by atoms with Crippen LogP contribution in [-0.4, -0.2) is 36.6 Å². The first-order chi connectivity index (χ1) is 10.8. The SMILES string of the molecule is Fc1ccc([C@@H]2CCC[C@@H]2NC[C@H]2CCN(C3CC3)C2)cc1. The van der Waals surface area contributed by atoms with Crippen molar-refractivity contribution < 1.29 is 4.39 Å². The molecule has 3 aliphatic rings. The second-order valence-electron chi connectivity index (χ2n) is 7.48. The van der Waals surface area contributed by atoms with Crippen molar-refractivity contribution in [2.75, 3.05) is 19.6 Å². The number of hydrogen-bond acceptors (Lipinski definition) is 2. The van der Waals surface area contributed by atoms with Gasteiger partial charge in [0.2, 0.25) is 0 Å². The highest BCUT2D eigenvalue weighted by Crippen LogP contribution is 2.35. The molecule has 1 heterocycles. The largest absolute Gasteiger partial charge is 0.313 e. The molecule has 22 heavy (non-hydrogen) atoms. The average Bonchev–Trinajstić information content (AvgIpc) is 3.10. The molecule has 2 nitrogen and oxygen atoms in total. The molecule has 0 aromatic heterocycles. The van der Waals surface area contributed by atoms with Crippen LogP contribution in [0.4, 0.5) is 4.39 Å². The number of likely N-dealkylation sites (tertiary alicyclic amines) is 1. The van der Waals surface area contributed by atoms with Gasteiger partial charge in [0, 0.05) is 18.6 Å². The lowest BCUT2D eigenvalue weighted by Crippen LogP contribution is -2.36. The maximum atomic E-state index is 13.1. The van der Waals surface area contributed by atoms with Crippen LogP contribution in [0.3, 0.4) is 0 Å². The molecule has 1 aromatic rings. The highest BCUT2D eigenvalue weighted by molar-refractivity contribution is 5.23. The van der Waals surface area contributed by atoms with E-state index in [2.05, 4.69) is 10.2 Å². The van der Waals surface area contributed by atoms with Gasteiger partial charge in [-0.2, -0.15) is 0 Å². The monoisotopic (exact) mass is 302 g/mol. The van der Waals surface area contributed by atoms with Gasteiger partial charge in [0.25, 0.3) is 0 Å². The van der Waals surface area contributed by atoms with Crippen LogP contribution in [0.15, 0.2) is 24.3 Å². The van der Waals surface area contributed by atoms with Crippen molar-refractivity contribution in [1.29, 1.82) is 0 Å². The summed E-state index contributed by atoms with van der Waals surface area (Å²) in [6.45, 7) is 3.76. The normalized spacial score (nSPS) is 32.7. The molecule has 3 fully saturated rings. The number of benzene rings is 1. The summed E-state index contributed by atoms with van der Waals surface area (Å²) >= 11 is 0. The third-order valence-electron chi connectivity index (χ3n) is 5.86. The molecule has 1 N–H and O–H groups in total. The molecule has 4 rings (SSSR count). The zero-order valence-electron chi connectivity index (χ0n) is 13.3. The Labute approximate surface area is 133 Å². The van der Waals surface area contributed by atoms with E-state index >= 15 is 0 Å². The topological polar surface area (TPSA) is 15.3 Å². The molecular weight excluding hydrogens is 275 g/mol. The van der Waals surface area contributed by atoms with Gasteiger partial charge in [-0.15, -0.1) is 0 Å². The Kier molecular flexibility index (Phi) is 4.19. The molecule has 1 saturated heterocycles. The van der Waals surface area contributed by atoms with Gasteiger partial charge in [0.15, 0.2) is 0 Å². The summed E-state index contributed by atoms with van der Waals surface area (Å²) in [5, 5.41) is 3.85. The molecule has 3 atom stereocenters. The third kappa shape index (κ3) is 3.21. The van der Waals surface area contributed by atoms with E-state index in [4.69, 9.17) is 0 Å². The van der Waals surface area contributed by atoms with Crippen LogP contribution in [-0.2, 0) is 0 Å². The highest BCUT2D eigenvalue weighted by Gasteiger charge is 2.35. The zero-order chi connectivity index (χ0) is 14.9. The fraction of sp³-hybridized carbons (Fsp3) is 0.684. The second kappa shape index (κ2) is 6.29. The molecule has 120 valence electrons. The van der Waals surface area contributed by atoms with Gasteiger partial charge >= 0.3 is 0 Å². The summed E-state index contributed by atoms with van der Waals surface area (Å²) in [4.78, 5) is 2.69. The molecule has 0 bridgehead atoms. The van der Waals surface area contributed by atoms with Crippen molar-refractivity contribution in [1.82, 2.24) is 10.2 Å². The number of rotatable bonds is 5. The lowest BCUT2D eigenvalue weighted by atomic mass is 9.93. The van der Waals surface area contributed by atoms with Crippen molar-refractivity contribution in [3.05, 3.63) is 35.6 Å². The molecule has 0 radical (unpaired) electrons. The Balaban J connectivity index is 1.31. The lowest BCUT2D eigenvalue weighted by Gasteiger charge is -2.23. The van der Waals surface area contributed by atoms with E-state index in [-0.39, 0.29) is 5.82 Å². The van der Waals surface area contributed by atoms with Gasteiger partial charge < -0.3 is 10.2 Å². The minimum Gasteiger partial charge on any atom is -0.313 e. The van der Waals surface area contributed by atoms with Gasteiger partial charge in [-0.3, -0.25) is 0 Å². The molecule has 1 aliphatic heterocycles. The minimum atomic E-state index is -0.127. The molecule has 0 spiro atoms. The first kappa shape index (κ1) is 14.6. The van der Waals surface area contributed by atoms with Crippen LogP contribution in [0.25, 0.3) is 0 Å². The summed E-state index contributed by atoms with van der Waals surface area (Å²) in [5.41, 5.74) is 1.31. The summed E-state index contributed by atoms with van der Waals surface area (Å²) in [7, 11) is 0. The summed E-state index contributed by atoms with van der Waals surface area (Å²) in [5.74, 6) is 1.27. The fourth-order valence-electron chi connectivity index (χ4n) is 4.43. The first-order valence-corrected chi connectivity index (χ1v) is 9.02. The second-order valence-corrected chi connectivity index (χ2v) is 7.48. The molecule has 1 aromatic carbocycles. The van der Waals surface area contributed by atoms with E-state index in [0.717, 1.165) is 18.5 Å². The number of hydrogen-bond donors (Lipinski definition) is 1. The van der Waals surface area contributed by atoms with Crippen LogP contribution in [0.2, 0.25) is 0 Å². The zero-order valence-corrected chi connectivity index (χ0v) is 13.3. The Hall–Kier alpha value is -0.930. The van der Waals surface area contributed by atoms with E-state index in [1.807, 2.05) is 12.1 Å². The standard InChI is InChI=1S/C19H27FN2/c20-16-6-4-15(5-7-16)18-2-1-3-19(18)21-12-14-10-11-22(13-14)17-8-9-17/h4-7,14,17-19,21H,1-3,8-13H2/t14-,18+,19+/m1/s1. The van der Waals surface area contributed by atoms with E-state index < -0.39 is 0 Å². The van der Waals surface area contributed by atoms with Crippen molar-refractivity contribution >= 4 is 0 Å². The van der Waals surface area contributed by atoms with Crippen molar-refractivity contribution in [3.8, 4) is 0 Å². The molecular formula is C19H27FN2. The highest BCUT2D eigenvalue weighted by atomic mass is 19.1. The average molecular weight is 302 g/mol. The number of nitrogens with zero attached hydrogens (tertiary/aromatic N) is 1. The summed E-state index contributed by atoms with van der Waals surface area (Å²) in [6, 6.07) is 8.67. The fourth-order valence-corrected chi connectivity index (χ4v) is 4.43. The summed E-state index contributed by atoms with van der Waals surface area (Å²) < 4.78 is 13.1. The van der Waals surface area contributed by atoms with Crippen LogP contribution in [0.1, 0.15) is 50.0 Å². The van der Waals surface area contributed by atoms with E-state index in [1.54, 1.807) is 12.1 Å². The predicted octanol–water partition coefficient (Wildman–Crippen LogP) is 3.54. The van der Waals surface area contributed by atoms with Crippen LogP contribution in [0, 0.1) is 11.7 Å². The maximum absolute atomic E-state index is 13.1. The Morgan fingerprint density at radius 2 is 1.86 bits per heavy atom. The Bertz CT molecular complexity index is 497. The Morgan fingerprint density at radius 1 is 1.05 bits per heavy atom. The van der Waals surface area contributed by atoms with Gasteiger partial charge in [0.05, 0.1) is 0 Å². The maximum Gasteiger partial charge on any atom is 0.123 e. The van der Waals surface area contributed by atoms with Crippen molar-refractivity contribution in [3.63, 3.8) is 0 Å². The lowest BCUT2D eigenvalue weighted by molar-refractivity contribution is 0.308. The smallest absolute Gasteiger partial charge is 0.123 e. The molecule has 0 unspecified atom stereocenters. The van der Waals surface area contributed by atoms with Gasteiger partial charge in [-0.05, 0) is 74.7 Å². The Morgan fingerprint density at radius 3 is 2.64 bits per heavy atom. The van der Waals surface area contributed by atoms with Crippen LogP contribution < -0.4 is 5.32 Å². The van der Waals surface area contributed by atoms with Crippen molar-refractivity contribution in [2.45, 2.75) is 56.5 Å². The quantitative estimate of drug-likeness (QED) is 0.895. The predicted molar refractivity (Wildman–Crippen MR) is 87.5 cm³/mol. The molecule has 0 amide bonds. The minimum absolute atomic E-state index is 0.127. The van der Waals surface area contributed by atoms with Crippen molar-refractivity contribution in [2.24, 2.45) is 5.92 Å². The van der Waals surface area contributed by atoms with E-state index in [0.29, 0.717) is 12.0 Å². The number of nitrogens with one attached hydrogen (secondary N) is 1. The van der Waals surface area contributed by atoms with E-state index in [9.17, 15) is 4.39 Å². The first-order valence-electron chi connectivity index (χ1n) is 9.02. The van der Waals surface area contributed by atoms with Gasteiger partial charge in [-0.1, -0.05) is 18.6 Å². The third-order valence-corrected chi connectivity index (χ3v) is 5.86. The van der Waals surface area contributed by atoms with Crippen LogP contribution >= 0.6 is 0 Å². The molecule has 2 saturated carbocycles. The van der Waals surface area contributed by atoms with Crippen LogP contribution in [0.5, 0.6) is 0 Å². The molecule has 2 aliphatic carbocycles. The van der Waals surface area contributed by atoms with E-state index in [1.165, 1.54) is 57.2 Å².